The lowest BCUT2D eigenvalue weighted by Crippen LogP contribution is -2.28. The molecule has 1 atom stereocenters. The Kier molecular flexibility index (Phi) is 2.69. The van der Waals surface area contributed by atoms with Gasteiger partial charge in [0.15, 0.2) is 5.76 Å². The fourth-order valence-corrected chi connectivity index (χ4v) is 2.41. The molecule has 1 N–H and O–H groups in total. The number of rotatable bonds is 4. The van der Waals surface area contributed by atoms with E-state index < -0.39 is 0 Å². The Bertz CT molecular complexity index is 518. The number of hydrogen-bond donors (Lipinski definition) is 1. The quantitative estimate of drug-likeness (QED) is 0.873. The summed E-state index contributed by atoms with van der Waals surface area (Å²) in [6.45, 7) is 3.71. The largest absolute Gasteiger partial charge is 0.360 e. The average molecular weight is 228 g/mol. The Hall–Kier alpha value is -1.61. The van der Waals surface area contributed by atoms with Crippen LogP contribution in [0.3, 0.4) is 0 Å². The van der Waals surface area contributed by atoms with E-state index in [1.165, 1.54) is 17.5 Å². The van der Waals surface area contributed by atoms with E-state index in [0.717, 1.165) is 24.5 Å². The molecule has 88 valence electrons. The van der Waals surface area contributed by atoms with Gasteiger partial charge >= 0.3 is 0 Å². The molecule has 17 heavy (non-hydrogen) atoms. The smallest absolute Gasteiger partial charge is 0.150 e. The average Bonchev–Trinajstić information content (AvgIpc) is 2.71. The van der Waals surface area contributed by atoms with Gasteiger partial charge in [-0.2, -0.15) is 0 Å². The van der Waals surface area contributed by atoms with Crippen LogP contribution >= 0.6 is 0 Å². The molecule has 1 heterocycles. The summed E-state index contributed by atoms with van der Waals surface area (Å²) in [5.74, 6) is 1.57. The highest BCUT2D eigenvalue weighted by molar-refractivity contribution is 5.40. The summed E-state index contributed by atoms with van der Waals surface area (Å²) >= 11 is 0. The summed E-state index contributed by atoms with van der Waals surface area (Å²) in [5.41, 5.74) is 3.93. The van der Waals surface area contributed by atoms with Crippen LogP contribution < -0.4 is 5.32 Å². The van der Waals surface area contributed by atoms with Gasteiger partial charge in [0.25, 0.3) is 0 Å². The monoisotopic (exact) mass is 228 g/mol. The van der Waals surface area contributed by atoms with Crippen molar-refractivity contribution in [1.82, 2.24) is 10.5 Å². The van der Waals surface area contributed by atoms with Crippen LogP contribution in [0.5, 0.6) is 0 Å². The molecule has 0 saturated heterocycles. The molecule has 3 nitrogen and oxygen atoms in total. The minimum atomic E-state index is 0.662. The lowest BCUT2D eigenvalue weighted by molar-refractivity contribution is 0.366. The summed E-state index contributed by atoms with van der Waals surface area (Å²) < 4.78 is 5.15. The van der Waals surface area contributed by atoms with Crippen molar-refractivity contribution in [3.8, 4) is 0 Å². The molecule has 1 aliphatic carbocycles. The highest BCUT2D eigenvalue weighted by Gasteiger charge is 2.24. The second kappa shape index (κ2) is 4.34. The maximum Gasteiger partial charge on any atom is 0.150 e. The van der Waals surface area contributed by atoms with Crippen molar-refractivity contribution in [3.05, 3.63) is 52.9 Å². The van der Waals surface area contributed by atoms with Gasteiger partial charge in [-0.1, -0.05) is 29.4 Å². The van der Waals surface area contributed by atoms with E-state index in [0.29, 0.717) is 5.92 Å². The summed E-state index contributed by atoms with van der Waals surface area (Å²) in [6, 6.07) is 10.6. The molecule has 3 rings (SSSR count). The normalized spacial score (nSPS) is 17.6. The summed E-state index contributed by atoms with van der Waals surface area (Å²) in [7, 11) is 0. The van der Waals surface area contributed by atoms with Gasteiger partial charge in [-0.3, -0.25) is 0 Å². The van der Waals surface area contributed by atoms with Gasteiger partial charge in [0.2, 0.25) is 0 Å². The van der Waals surface area contributed by atoms with Gasteiger partial charge in [0.1, 0.15) is 0 Å². The third-order valence-corrected chi connectivity index (χ3v) is 3.33. The van der Waals surface area contributed by atoms with Crippen LogP contribution in [0.25, 0.3) is 0 Å². The number of nitrogens with zero attached hydrogens (tertiary/aromatic N) is 1. The SMILES string of the molecule is Cc1cc(CNCC2Cc3ccccc32)on1. The zero-order chi connectivity index (χ0) is 11.7. The van der Waals surface area contributed by atoms with Crippen molar-refractivity contribution in [2.75, 3.05) is 6.54 Å². The van der Waals surface area contributed by atoms with E-state index in [1.54, 1.807) is 0 Å². The first-order chi connectivity index (χ1) is 8.33. The van der Waals surface area contributed by atoms with Gasteiger partial charge in [-0.25, -0.2) is 0 Å². The van der Waals surface area contributed by atoms with E-state index in [2.05, 4.69) is 34.7 Å². The number of benzene rings is 1. The molecule has 1 aromatic heterocycles. The molecule has 2 aromatic rings. The van der Waals surface area contributed by atoms with Gasteiger partial charge in [0, 0.05) is 18.5 Å². The fraction of sp³-hybridized carbons (Fsp3) is 0.357. The first kappa shape index (κ1) is 10.5. The Morgan fingerprint density at radius 2 is 2.29 bits per heavy atom. The number of aryl methyl sites for hydroxylation is 1. The second-order valence-corrected chi connectivity index (χ2v) is 4.67. The predicted octanol–water partition coefficient (Wildman–Crippen LogP) is 2.41. The summed E-state index contributed by atoms with van der Waals surface area (Å²) in [6.07, 6.45) is 1.19. The van der Waals surface area contributed by atoms with Crippen LogP contribution in [0.2, 0.25) is 0 Å². The second-order valence-electron chi connectivity index (χ2n) is 4.67. The maximum atomic E-state index is 5.15. The van der Waals surface area contributed by atoms with Crippen LogP contribution in [-0.2, 0) is 13.0 Å². The third-order valence-electron chi connectivity index (χ3n) is 3.33. The summed E-state index contributed by atoms with van der Waals surface area (Å²) in [4.78, 5) is 0. The van der Waals surface area contributed by atoms with Crippen molar-refractivity contribution in [3.63, 3.8) is 0 Å². The fourth-order valence-electron chi connectivity index (χ4n) is 2.41. The molecule has 1 unspecified atom stereocenters. The van der Waals surface area contributed by atoms with Crippen LogP contribution in [0.1, 0.15) is 28.5 Å². The standard InChI is InChI=1S/C14H16N2O/c1-10-6-13(17-16-10)9-15-8-12-7-11-4-2-3-5-14(11)12/h2-6,12,15H,7-9H2,1H3. The first-order valence-electron chi connectivity index (χ1n) is 6.03. The van der Waals surface area contributed by atoms with Crippen LogP contribution in [-0.4, -0.2) is 11.7 Å². The Balaban J connectivity index is 1.51. The minimum Gasteiger partial charge on any atom is -0.360 e. The maximum absolute atomic E-state index is 5.15. The molecule has 1 aromatic carbocycles. The van der Waals surface area contributed by atoms with E-state index in [1.807, 2.05) is 13.0 Å². The highest BCUT2D eigenvalue weighted by Crippen LogP contribution is 2.33. The molecular formula is C14H16N2O. The molecule has 0 bridgehead atoms. The lowest BCUT2D eigenvalue weighted by atomic mass is 9.77. The Morgan fingerprint density at radius 1 is 1.41 bits per heavy atom. The molecule has 0 fully saturated rings. The molecule has 0 radical (unpaired) electrons. The van der Waals surface area contributed by atoms with Crippen molar-refractivity contribution >= 4 is 0 Å². The number of hydrogen-bond acceptors (Lipinski definition) is 3. The minimum absolute atomic E-state index is 0.662. The molecule has 0 spiro atoms. The van der Waals surface area contributed by atoms with E-state index >= 15 is 0 Å². The third kappa shape index (κ3) is 2.11. The van der Waals surface area contributed by atoms with Crippen molar-refractivity contribution in [2.45, 2.75) is 25.8 Å². The van der Waals surface area contributed by atoms with Crippen LogP contribution in [0, 0.1) is 6.92 Å². The zero-order valence-electron chi connectivity index (χ0n) is 9.94. The Labute approximate surface area is 101 Å². The predicted molar refractivity (Wildman–Crippen MR) is 65.8 cm³/mol. The lowest BCUT2D eigenvalue weighted by Gasteiger charge is -2.30. The topological polar surface area (TPSA) is 38.1 Å². The van der Waals surface area contributed by atoms with Gasteiger partial charge in [0.05, 0.1) is 12.2 Å². The van der Waals surface area contributed by atoms with Crippen molar-refractivity contribution < 1.29 is 4.52 Å². The molecule has 0 saturated carbocycles. The zero-order valence-corrected chi connectivity index (χ0v) is 9.94. The van der Waals surface area contributed by atoms with Crippen LogP contribution in [0.15, 0.2) is 34.9 Å². The number of nitrogens with one attached hydrogen (secondary N) is 1. The Morgan fingerprint density at radius 3 is 3.06 bits per heavy atom. The summed E-state index contributed by atoms with van der Waals surface area (Å²) in [5, 5.41) is 7.29. The van der Waals surface area contributed by atoms with Crippen molar-refractivity contribution in [1.29, 1.82) is 0 Å². The number of aromatic nitrogens is 1. The van der Waals surface area contributed by atoms with Crippen LogP contribution in [0.4, 0.5) is 0 Å². The van der Waals surface area contributed by atoms with Gasteiger partial charge < -0.3 is 9.84 Å². The molecular weight excluding hydrogens is 212 g/mol. The van der Waals surface area contributed by atoms with Gasteiger partial charge in [-0.05, 0) is 24.5 Å². The molecule has 0 aliphatic heterocycles. The van der Waals surface area contributed by atoms with E-state index in [-0.39, 0.29) is 0 Å². The number of fused-ring (bicyclic) bond motifs is 1. The van der Waals surface area contributed by atoms with E-state index in [4.69, 9.17) is 4.52 Å². The molecule has 0 amide bonds. The first-order valence-corrected chi connectivity index (χ1v) is 6.03. The highest BCUT2D eigenvalue weighted by atomic mass is 16.5. The van der Waals surface area contributed by atoms with E-state index in [9.17, 15) is 0 Å². The van der Waals surface area contributed by atoms with Gasteiger partial charge in [-0.15, -0.1) is 0 Å². The van der Waals surface area contributed by atoms with Crippen molar-refractivity contribution in [2.24, 2.45) is 0 Å². The molecule has 1 aliphatic rings. The molecule has 3 heteroatoms.